The first-order valence-corrected chi connectivity index (χ1v) is 6.90. The maximum absolute atomic E-state index is 11.4. The van der Waals surface area contributed by atoms with Crippen molar-refractivity contribution in [3.8, 4) is 0 Å². The molecule has 15 heavy (non-hydrogen) atoms. The summed E-state index contributed by atoms with van der Waals surface area (Å²) in [7, 11) is -2.14. The van der Waals surface area contributed by atoms with Gasteiger partial charge in [-0.1, -0.05) is 41.0 Å². The van der Waals surface area contributed by atoms with Crippen LogP contribution in [0.1, 0.15) is 47.5 Å². The van der Waals surface area contributed by atoms with Gasteiger partial charge in [-0.25, -0.2) is 0 Å². The number of hydrogen-bond acceptors (Lipinski definition) is 3. The monoisotopic (exact) mass is 236 g/mol. The predicted molar refractivity (Wildman–Crippen MR) is 63.3 cm³/mol. The molecule has 0 spiro atoms. The molecule has 3 nitrogen and oxygen atoms in total. The van der Waals surface area contributed by atoms with E-state index in [1.165, 1.54) is 7.11 Å². The third-order valence-electron chi connectivity index (χ3n) is 2.74. The highest BCUT2D eigenvalue weighted by Crippen LogP contribution is 2.36. The summed E-state index contributed by atoms with van der Waals surface area (Å²) >= 11 is 0. The van der Waals surface area contributed by atoms with E-state index in [-0.39, 0.29) is 16.6 Å². The van der Waals surface area contributed by atoms with Gasteiger partial charge in [0.05, 0.1) is 12.9 Å². The molecule has 0 rings (SSSR count). The lowest BCUT2D eigenvalue weighted by Gasteiger charge is -2.33. The Morgan fingerprint density at radius 1 is 1.07 bits per heavy atom. The van der Waals surface area contributed by atoms with Gasteiger partial charge in [0.1, 0.15) is 0 Å². The molecule has 4 heteroatoms. The molecule has 0 saturated carbocycles. The highest BCUT2D eigenvalue weighted by molar-refractivity contribution is 7.86. The van der Waals surface area contributed by atoms with Crippen LogP contribution < -0.4 is 0 Å². The molecule has 0 heterocycles. The molecule has 0 bridgehead atoms. The summed E-state index contributed by atoms with van der Waals surface area (Å²) in [6, 6.07) is 0. The summed E-state index contributed by atoms with van der Waals surface area (Å²) < 4.78 is 27.2. The van der Waals surface area contributed by atoms with Gasteiger partial charge in [0.25, 0.3) is 10.1 Å². The normalized spacial score (nSPS) is 14.3. The van der Waals surface area contributed by atoms with Gasteiger partial charge in [-0.3, -0.25) is 4.18 Å². The van der Waals surface area contributed by atoms with E-state index in [1.807, 2.05) is 13.8 Å². The topological polar surface area (TPSA) is 43.4 Å². The van der Waals surface area contributed by atoms with Gasteiger partial charge >= 0.3 is 0 Å². The summed E-state index contributed by atoms with van der Waals surface area (Å²) in [6.45, 7) is 10.4. The van der Waals surface area contributed by atoms with Crippen LogP contribution in [0.3, 0.4) is 0 Å². The summed E-state index contributed by atoms with van der Waals surface area (Å²) in [4.78, 5) is 0. The molecule has 0 aliphatic rings. The highest BCUT2D eigenvalue weighted by atomic mass is 32.2. The highest BCUT2D eigenvalue weighted by Gasteiger charge is 2.31. The fourth-order valence-electron chi connectivity index (χ4n) is 2.01. The molecule has 0 aliphatic carbocycles. The van der Waals surface area contributed by atoms with Crippen LogP contribution in [0.4, 0.5) is 0 Å². The minimum absolute atomic E-state index is 0.0833. The molecule has 0 aromatic rings. The van der Waals surface area contributed by atoms with Gasteiger partial charge in [-0.2, -0.15) is 8.42 Å². The summed E-state index contributed by atoms with van der Waals surface area (Å²) in [5.41, 5.74) is -0.0683. The first-order chi connectivity index (χ1) is 6.54. The summed E-state index contributed by atoms with van der Waals surface area (Å²) in [5, 5.41) is 0. The van der Waals surface area contributed by atoms with Crippen molar-refractivity contribution in [2.75, 3.05) is 12.9 Å². The Balaban J connectivity index is 4.58. The van der Waals surface area contributed by atoms with Gasteiger partial charge in [-0.05, 0) is 17.3 Å². The van der Waals surface area contributed by atoms with Crippen LogP contribution in [0.5, 0.6) is 0 Å². The molecule has 0 N–H and O–H groups in total. The Hall–Kier alpha value is -0.0900. The van der Waals surface area contributed by atoms with Gasteiger partial charge in [-0.15, -0.1) is 0 Å². The molecule has 0 fully saturated rings. The van der Waals surface area contributed by atoms with Crippen molar-refractivity contribution in [2.24, 2.45) is 10.8 Å². The fourth-order valence-corrected chi connectivity index (χ4v) is 3.19. The van der Waals surface area contributed by atoms with Crippen molar-refractivity contribution in [1.29, 1.82) is 0 Å². The Bertz CT molecular complexity index is 289. The summed E-state index contributed by atoms with van der Waals surface area (Å²) in [5.74, 6) is 0.0833. The van der Waals surface area contributed by atoms with Gasteiger partial charge in [0.2, 0.25) is 0 Å². The van der Waals surface area contributed by atoms with Crippen LogP contribution in [0.15, 0.2) is 0 Å². The van der Waals surface area contributed by atoms with Crippen molar-refractivity contribution < 1.29 is 12.6 Å². The molecule has 0 amide bonds. The predicted octanol–water partition coefficient (Wildman–Crippen LogP) is 2.82. The van der Waals surface area contributed by atoms with E-state index < -0.39 is 10.1 Å². The van der Waals surface area contributed by atoms with E-state index in [2.05, 4.69) is 25.0 Å². The third kappa shape index (κ3) is 6.15. The number of hydrogen-bond donors (Lipinski definition) is 0. The van der Waals surface area contributed by atoms with E-state index in [1.54, 1.807) is 0 Å². The first kappa shape index (κ1) is 14.9. The first-order valence-electron chi connectivity index (χ1n) is 5.32. The third-order valence-corrected chi connectivity index (χ3v) is 4.38. The largest absolute Gasteiger partial charge is 0.273 e. The van der Waals surface area contributed by atoms with Crippen LogP contribution in [0.25, 0.3) is 0 Å². The van der Waals surface area contributed by atoms with E-state index >= 15 is 0 Å². The van der Waals surface area contributed by atoms with Crippen molar-refractivity contribution in [3.05, 3.63) is 0 Å². The standard InChI is InChI=1S/C11H24O3S/c1-7-10(2,3)8-11(4,5)9-15(12,13)14-6/h7-9H2,1-6H3. The van der Waals surface area contributed by atoms with E-state index in [0.29, 0.717) is 0 Å². The smallest absolute Gasteiger partial charge is 0.267 e. The lowest BCUT2D eigenvalue weighted by atomic mass is 9.75. The molecular weight excluding hydrogens is 212 g/mol. The Morgan fingerprint density at radius 3 is 1.87 bits per heavy atom. The lowest BCUT2D eigenvalue weighted by Crippen LogP contribution is -2.30. The van der Waals surface area contributed by atoms with Gasteiger partial charge in [0.15, 0.2) is 0 Å². The minimum Gasteiger partial charge on any atom is -0.273 e. The molecule has 0 saturated heterocycles. The molecule has 0 unspecified atom stereocenters. The second-order valence-corrected chi connectivity index (χ2v) is 7.46. The van der Waals surface area contributed by atoms with Crippen molar-refractivity contribution in [2.45, 2.75) is 47.5 Å². The zero-order valence-electron chi connectivity index (χ0n) is 10.8. The van der Waals surface area contributed by atoms with E-state index in [9.17, 15) is 8.42 Å². The second-order valence-electron chi connectivity index (χ2n) is 5.73. The molecule has 0 aliphatic heterocycles. The van der Waals surface area contributed by atoms with Gasteiger partial charge < -0.3 is 0 Å². The molecule has 0 aromatic carbocycles. The SMILES string of the molecule is CCC(C)(C)CC(C)(C)CS(=O)(=O)OC. The molecule has 0 atom stereocenters. The molecule has 0 radical (unpaired) electrons. The quantitative estimate of drug-likeness (QED) is 0.666. The van der Waals surface area contributed by atoms with Crippen LogP contribution in [-0.4, -0.2) is 21.3 Å². The zero-order valence-corrected chi connectivity index (χ0v) is 11.6. The molecular formula is C11H24O3S. The lowest BCUT2D eigenvalue weighted by molar-refractivity contribution is 0.204. The second kappa shape index (κ2) is 4.83. The molecule has 0 aromatic heterocycles. The van der Waals surface area contributed by atoms with E-state index in [0.717, 1.165) is 12.8 Å². The molecule has 92 valence electrons. The summed E-state index contributed by atoms with van der Waals surface area (Å²) in [6.07, 6.45) is 1.92. The Labute approximate surface area is 94.3 Å². The van der Waals surface area contributed by atoms with Crippen LogP contribution in [0.2, 0.25) is 0 Å². The maximum Gasteiger partial charge on any atom is 0.267 e. The number of rotatable bonds is 6. The minimum atomic E-state index is -3.36. The Morgan fingerprint density at radius 2 is 1.53 bits per heavy atom. The van der Waals surface area contributed by atoms with E-state index in [4.69, 9.17) is 0 Å². The van der Waals surface area contributed by atoms with Crippen LogP contribution in [-0.2, 0) is 14.3 Å². The van der Waals surface area contributed by atoms with Gasteiger partial charge in [0, 0.05) is 0 Å². The fraction of sp³-hybridized carbons (Fsp3) is 1.00. The van der Waals surface area contributed by atoms with Crippen molar-refractivity contribution >= 4 is 10.1 Å². The van der Waals surface area contributed by atoms with Crippen LogP contribution in [0, 0.1) is 10.8 Å². The van der Waals surface area contributed by atoms with Crippen LogP contribution >= 0.6 is 0 Å². The van der Waals surface area contributed by atoms with Crippen molar-refractivity contribution in [1.82, 2.24) is 0 Å². The Kier molecular flexibility index (Phi) is 4.80. The average molecular weight is 236 g/mol. The van der Waals surface area contributed by atoms with Crippen molar-refractivity contribution in [3.63, 3.8) is 0 Å². The average Bonchev–Trinajstić information content (AvgIpc) is 2.00. The maximum atomic E-state index is 11.4. The zero-order chi connectivity index (χ0) is 12.3.